The molecule has 0 radical (unpaired) electrons. The Labute approximate surface area is 64.9 Å². The van der Waals surface area contributed by atoms with Gasteiger partial charge in [0.25, 0.3) is 0 Å². The average Bonchev–Trinajstić information content (AvgIpc) is 2.04. The second-order valence-corrected chi connectivity index (χ2v) is 2.48. The fourth-order valence-corrected chi connectivity index (χ4v) is 1.10. The van der Waals surface area contributed by atoms with E-state index in [1.807, 2.05) is 0 Å². The lowest BCUT2D eigenvalue weighted by atomic mass is 10.0. The summed E-state index contributed by atoms with van der Waals surface area (Å²) < 4.78 is 4.44. The van der Waals surface area contributed by atoms with Gasteiger partial charge < -0.3 is 4.74 Å². The van der Waals surface area contributed by atoms with E-state index in [9.17, 15) is 9.59 Å². The van der Waals surface area contributed by atoms with E-state index in [2.05, 4.69) is 10.1 Å². The number of hydrogen-bond acceptors (Lipinski definition) is 4. The first-order valence-electron chi connectivity index (χ1n) is 3.59. The first-order valence-corrected chi connectivity index (χ1v) is 3.59. The summed E-state index contributed by atoms with van der Waals surface area (Å²) in [6, 6.07) is -0.714. The molecule has 0 aromatic heterocycles. The Morgan fingerprint density at radius 2 is 2.45 bits per heavy atom. The maximum Gasteiger partial charge on any atom is 0.330 e. The molecular weight excluding hydrogens is 146 g/mol. The molecule has 1 fully saturated rings. The minimum Gasteiger partial charge on any atom is -0.468 e. The number of carbonyl (C=O) groups excluding carboxylic acids is 2. The zero-order valence-corrected chi connectivity index (χ0v) is 6.42. The van der Waals surface area contributed by atoms with E-state index in [1.54, 1.807) is 0 Å². The predicted octanol–water partition coefficient (Wildman–Crippen LogP) is -0.520. The normalized spacial score (nSPS) is 24.8. The minimum absolute atomic E-state index is 0.0666. The maximum atomic E-state index is 11.0. The highest BCUT2D eigenvalue weighted by Crippen LogP contribution is 2.03. The van der Waals surface area contributed by atoms with Crippen LogP contribution in [0.15, 0.2) is 0 Å². The molecule has 0 aromatic rings. The van der Waals surface area contributed by atoms with Crippen molar-refractivity contribution < 1.29 is 14.3 Å². The third-order valence-electron chi connectivity index (χ3n) is 1.71. The number of ketones is 1. The third kappa shape index (κ3) is 1.77. The Morgan fingerprint density at radius 1 is 1.73 bits per heavy atom. The maximum absolute atomic E-state index is 11.0. The zero-order chi connectivity index (χ0) is 8.27. The van der Waals surface area contributed by atoms with Crippen molar-refractivity contribution in [2.75, 3.05) is 13.7 Å². The van der Waals surface area contributed by atoms with Gasteiger partial charge in [-0.05, 0) is 13.0 Å². The van der Waals surface area contributed by atoms with E-state index < -0.39 is 12.0 Å². The van der Waals surface area contributed by atoms with Gasteiger partial charge in [0, 0.05) is 6.42 Å². The molecule has 1 heterocycles. The van der Waals surface area contributed by atoms with Crippen LogP contribution < -0.4 is 5.32 Å². The standard InChI is InChI=1S/C7H11NO3/c1-11-7(10)6-5(9)3-2-4-8-6/h6,8H,2-4H2,1H3/t6-/m1/s1. The van der Waals surface area contributed by atoms with E-state index in [1.165, 1.54) is 7.11 Å². The van der Waals surface area contributed by atoms with Crippen molar-refractivity contribution in [2.45, 2.75) is 18.9 Å². The van der Waals surface area contributed by atoms with E-state index in [0.29, 0.717) is 13.0 Å². The summed E-state index contributed by atoms with van der Waals surface area (Å²) >= 11 is 0. The minimum atomic E-state index is -0.714. The summed E-state index contributed by atoms with van der Waals surface area (Å²) in [6.45, 7) is 0.714. The number of nitrogens with one attached hydrogen (secondary N) is 1. The van der Waals surface area contributed by atoms with Crippen molar-refractivity contribution >= 4 is 11.8 Å². The largest absolute Gasteiger partial charge is 0.468 e. The molecule has 0 spiro atoms. The van der Waals surface area contributed by atoms with Gasteiger partial charge in [0.05, 0.1) is 7.11 Å². The topological polar surface area (TPSA) is 55.4 Å². The molecular formula is C7H11NO3. The Morgan fingerprint density at radius 3 is 3.00 bits per heavy atom. The fourth-order valence-electron chi connectivity index (χ4n) is 1.10. The summed E-state index contributed by atoms with van der Waals surface area (Å²) in [6.07, 6.45) is 1.29. The van der Waals surface area contributed by atoms with Gasteiger partial charge >= 0.3 is 5.97 Å². The van der Waals surface area contributed by atoms with Crippen LogP contribution in [0.25, 0.3) is 0 Å². The Kier molecular flexibility index (Phi) is 2.59. The predicted molar refractivity (Wildman–Crippen MR) is 38.0 cm³/mol. The van der Waals surface area contributed by atoms with Crippen LogP contribution in [-0.2, 0) is 14.3 Å². The van der Waals surface area contributed by atoms with Crippen molar-refractivity contribution in [2.24, 2.45) is 0 Å². The highest BCUT2D eigenvalue weighted by Gasteiger charge is 2.28. The number of piperidine rings is 1. The molecule has 0 unspecified atom stereocenters. The highest BCUT2D eigenvalue weighted by atomic mass is 16.5. The van der Waals surface area contributed by atoms with Gasteiger partial charge in [-0.3, -0.25) is 10.1 Å². The van der Waals surface area contributed by atoms with Crippen LogP contribution in [0.2, 0.25) is 0 Å². The van der Waals surface area contributed by atoms with Gasteiger partial charge in [-0.25, -0.2) is 4.79 Å². The molecule has 4 heteroatoms. The first kappa shape index (κ1) is 8.20. The first-order chi connectivity index (χ1) is 5.25. The monoisotopic (exact) mass is 157 g/mol. The lowest BCUT2D eigenvalue weighted by molar-refractivity contribution is -0.147. The number of rotatable bonds is 1. The highest BCUT2D eigenvalue weighted by molar-refractivity contribution is 6.03. The molecule has 62 valence electrons. The van der Waals surface area contributed by atoms with Crippen molar-refractivity contribution in [3.8, 4) is 0 Å². The second kappa shape index (κ2) is 3.48. The molecule has 1 saturated heterocycles. The summed E-state index contributed by atoms with van der Waals surface area (Å²) in [5.41, 5.74) is 0. The summed E-state index contributed by atoms with van der Waals surface area (Å²) in [5.74, 6) is -0.544. The van der Waals surface area contributed by atoms with Gasteiger partial charge in [-0.15, -0.1) is 0 Å². The Balaban J connectivity index is 2.54. The summed E-state index contributed by atoms with van der Waals surface area (Å²) in [4.78, 5) is 21.9. The van der Waals surface area contributed by atoms with Gasteiger partial charge in [-0.2, -0.15) is 0 Å². The molecule has 0 amide bonds. The summed E-state index contributed by atoms with van der Waals surface area (Å²) in [5, 5.41) is 2.80. The molecule has 1 aliphatic rings. The molecule has 1 atom stereocenters. The van der Waals surface area contributed by atoms with Crippen LogP contribution in [-0.4, -0.2) is 31.4 Å². The lowest BCUT2D eigenvalue weighted by Crippen LogP contribution is -2.47. The fraction of sp³-hybridized carbons (Fsp3) is 0.714. The SMILES string of the molecule is COC(=O)[C@@H]1NCCCC1=O. The van der Waals surface area contributed by atoms with Gasteiger partial charge in [0.15, 0.2) is 11.8 Å². The van der Waals surface area contributed by atoms with Crippen molar-refractivity contribution in [1.29, 1.82) is 0 Å². The van der Waals surface area contributed by atoms with E-state index in [-0.39, 0.29) is 5.78 Å². The van der Waals surface area contributed by atoms with Crippen molar-refractivity contribution in [3.63, 3.8) is 0 Å². The number of hydrogen-bond donors (Lipinski definition) is 1. The molecule has 1 rings (SSSR count). The van der Waals surface area contributed by atoms with Crippen LogP contribution in [0.1, 0.15) is 12.8 Å². The molecule has 1 aliphatic heterocycles. The second-order valence-electron chi connectivity index (χ2n) is 2.48. The molecule has 0 aliphatic carbocycles. The lowest BCUT2D eigenvalue weighted by Gasteiger charge is -2.19. The molecule has 0 saturated carbocycles. The molecule has 11 heavy (non-hydrogen) atoms. The number of carbonyl (C=O) groups is 2. The molecule has 4 nitrogen and oxygen atoms in total. The molecule has 1 N–H and O–H groups in total. The van der Waals surface area contributed by atoms with Crippen LogP contribution in [0, 0.1) is 0 Å². The van der Waals surface area contributed by atoms with E-state index in [0.717, 1.165) is 6.42 Å². The quantitative estimate of drug-likeness (QED) is 0.411. The van der Waals surface area contributed by atoms with Gasteiger partial charge in [0.2, 0.25) is 0 Å². The zero-order valence-electron chi connectivity index (χ0n) is 6.42. The van der Waals surface area contributed by atoms with Crippen LogP contribution in [0.3, 0.4) is 0 Å². The average molecular weight is 157 g/mol. The number of Topliss-reactive ketones (excluding diaryl/α,β-unsaturated/α-hetero) is 1. The number of methoxy groups -OCH3 is 1. The number of ether oxygens (including phenoxy) is 1. The smallest absolute Gasteiger partial charge is 0.330 e. The van der Waals surface area contributed by atoms with Gasteiger partial charge in [-0.1, -0.05) is 0 Å². The van der Waals surface area contributed by atoms with Crippen molar-refractivity contribution in [3.05, 3.63) is 0 Å². The molecule has 0 aromatic carbocycles. The molecule has 0 bridgehead atoms. The van der Waals surface area contributed by atoms with E-state index >= 15 is 0 Å². The Hall–Kier alpha value is -0.900. The third-order valence-corrected chi connectivity index (χ3v) is 1.71. The van der Waals surface area contributed by atoms with E-state index in [4.69, 9.17) is 0 Å². The van der Waals surface area contributed by atoms with Crippen LogP contribution in [0.4, 0.5) is 0 Å². The number of esters is 1. The Bertz CT molecular complexity index is 171. The summed E-state index contributed by atoms with van der Waals surface area (Å²) in [7, 11) is 1.28. The van der Waals surface area contributed by atoms with Crippen molar-refractivity contribution in [1.82, 2.24) is 5.32 Å². The van der Waals surface area contributed by atoms with Gasteiger partial charge in [0.1, 0.15) is 0 Å². The van der Waals surface area contributed by atoms with Crippen LogP contribution in [0.5, 0.6) is 0 Å². The van der Waals surface area contributed by atoms with Crippen LogP contribution >= 0.6 is 0 Å².